The van der Waals surface area contributed by atoms with E-state index in [1.165, 1.54) is 17.0 Å². The van der Waals surface area contributed by atoms with Crippen LogP contribution in [0.1, 0.15) is 12.0 Å². The Labute approximate surface area is 105 Å². The topological polar surface area (TPSA) is 78.9 Å². The van der Waals surface area contributed by atoms with Crippen molar-refractivity contribution in [3.8, 4) is 0 Å². The maximum atomic E-state index is 12.9. The van der Waals surface area contributed by atoms with Crippen molar-refractivity contribution < 1.29 is 14.4 Å². The zero-order chi connectivity index (χ0) is 13.5. The van der Waals surface area contributed by atoms with Gasteiger partial charge in [0.25, 0.3) is 0 Å². The van der Waals surface area contributed by atoms with Crippen molar-refractivity contribution >= 4 is 11.7 Å². The third kappa shape index (κ3) is 4.40. The molecule has 1 aromatic rings. The highest BCUT2D eigenvalue weighted by atomic mass is 19.1. The number of hydrogen-bond donors (Lipinski definition) is 2. The Hall–Kier alpha value is -2.11. The Bertz CT molecular complexity index is 449. The lowest BCUT2D eigenvalue weighted by Gasteiger charge is -2.16. The number of oxime groups is 1. The summed E-state index contributed by atoms with van der Waals surface area (Å²) in [6, 6.07) is 5.91. The summed E-state index contributed by atoms with van der Waals surface area (Å²) in [5.74, 6) is -0.439. The van der Waals surface area contributed by atoms with Gasteiger partial charge in [-0.3, -0.25) is 4.79 Å². The molecule has 0 aliphatic rings. The molecule has 0 spiro atoms. The second-order valence-electron chi connectivity index (χ2n) is 3.96. The highest BCUT2D eigenvalue weighted by Crippen LogP contribution is 2.05. The Kier molecular flexibility index (Phi) is 5.10. The van der Waals surface area contributed by atoms with E-state index in [-0.39, 0.29) is 24.0 Å². The van der Waals surface area contributed by atoms with Crippen molar-refractivity contribution in [3.63, 3.8) is 0 Å². The standard InChI is InChI=1S/C12H16FN3O2/c1-16(6-5-11(14)15-18)12(17)8-9-3-2-4-10(13)7-9/h2-4,7,18H,5-6,8H2,1H3,(H2,14,15). The molecular weight excluding hydrogens is 237 g/mol. The summed E-state index contributed by atoms with van der Waals surface area (Å²) < 4.78 is 12.9. The van der Waals surface area contributed by atoms with E-state index >= 15 is 0 Å². The molecule has 0 aromatic heterocycles. The van der Waals surface area contributed by atoms with Crippen LogP contribution in [0.25, 0.3) is 0 Å². The number of halogens is 1. The number of amidine groups is 1. The molecule has 1 aromatic carbocycles. The summed E-state index contributed by atoms with van der Waals surface area (Å²) in [6.07, 6.45) is 0.423. The van der Waals surface area contributed by atoms with Gasteiger partial charge in [0.1, 0.15) is 11.7 Å². The molecule has 0 atom stereocenters. The Balaban J connectivity index is 2.50. The first-order valence-corrected chi connectivity index (χ1v) is 5.47. The molecule has 1 rings (SSSR count). The minimum absolute atomic E-state index is 0.0698. The maximum absolute atomic E-state index is 12.9. The second kappa shape index (κ2) is 6.58. The van der Waals surface area contributed by atoms with Gasteiger partial charge in [0, 0.05) is 20.0 Å². The van der Waals surface area contributed by atoms with Crippen molar-refractivity contribution in [2.45, 2.75) is 12.8 Å². The third-order valence-corrected chi connectivity index (χ3v) is 2.50. The molecule has 98 valence electrons. The quantitative estimate of drug-likeness (QED) is 0.355. The summed E-state index contributed by atoms with van der Waals surface area (Å²) in [6.45, 7) is 0.351. The fraction of sp³-hybridized carbons (Fsp3) is 0.333. The van der Waals surface area contributed by atoms with E-state index in [1.54, 1.807) is 19.2 Å². The van der Waals surface area contributed by atoms with Crippen LogP contribution in [-0.2, 0) is 11.2 Å². The van der Waals surface area contributed by atoms with Gasteiger partial charge in [-0.2, -0.15) is 0 Å². The van der Waals surface area contributed by atoms with E-state index in [4.69, 9.17) is 10.9 Å². The van der Waals surface area contributed by atoms with Gasteiger partial charge in [-0.25, -0.2) is 4.39 Å². The van der Waals surface area contributed by atoms with Gasteiger partial charge in [0.05, 0.1) is 6.42 Å². The lowest BCUT2D eigenvalue weighted by molar-refractivity contribution is -0.129. The number of hydrogen-bond acceptors (Lipinski definition) is 3. The van der Waals surface area contributed by atoms with E-state index in [9.17, 15) is 9.18 Å². The molecule has 6 heteroatoms. The van der Waals surface area contributed by atoms with Gasteiger partial charge < -0.3 is 15.8 Å². The molecule has 1 amide bonds. The Morgan fingerprint density at radius 3 is 2.89 bits per heavy atom. The highest BCUT2D eigenvalue weighted by molar-refractivity contribution is 5.82. The van der Waals surface area contributed by atoms with Crippen LogP contribution in [0.3, 0.4) is 0 Å². The molecule has 5 nitrogen and oxygen atoms in total. The van der Waals surface area contributed by atoms with Gasteiger partial charge in [0.15, 0.2) is 0 Å². The molecule has 0 bridgehead atoms. The van der Waals surface area contributed by atoms with Gasteiger partial charge in [-0.15, -0.1) is 0 Å². The number of benzene rings is 1. The average molecular weight is 253 g/mol. The largest absolute Gasteiger partial charge is 0.409 e. The fourth-order valence-corrected chi connectivity index (χ4v) is 1.41. The van der Waals surface area contributed by atoms with Crippen molar-refractivity contribution in [1.29, 1.82) is 0 Å². The van der Waals surface area contributed by atoms with Crippen LogP contribution in [0.15, 0.2) is 29.4 Å². The molecule has 18 heavy (non-hydrogen) atoms. The van der Waals surface area contributed by atoms with E-state index in [0.717, 1.165) is 0 Å². The van der Waals surface area contributed by atoms with Crippen LogP contribution < -0.4 is 5.73 Å². The maximum Gasteiger partial charge on any atom is 0.226 e. The van der Waals surface area contributed by atoms with E-state index in [0.29, 0.717) is 18.5 Å². The van der Waals surface area contributed by atoms with Crippen LogP contribution in [0.4, 0.5) is 4.39 Å². The minimum atomic E-state index is -0.361. The average Bonchev–Trinajstić information content (AvgIpc) is 2.35. The summed E-state index contributed by atoms with van der Waals surface area (Å²) in [5.41, 5.74) is 5.93. The first-order chi connectivity index (χ1) is 8.52. The summed E-state index contributed by atoms with van der Waals surface area (Å²) in [7, 11) is 1.62. The molecular formula is C12H16FN3O2. The minimum Gasteiger partial charge on any atom is -0.409 e. The van der Waals surface area contributed by atoms with Crippen LogP contribution in [0, 0.1) is 5.82 Å². The highest BCUT2D eigenvalue weighted by Gasteiger charge is 2.10. The molecule has 0 aliphatic carbocycles. The zero-order valence-electron chi connectivity index (χ0n) is 10.1. The lowest BCUT2D eigenvalue weighted by atomic mass is 10.1. The van der Waals surface area contributed by atoms with Crippen LogP contribution >= 0.6 is 0 Å². The van der Waals surface area contributed by atoms with Crippen LogP contribution in [0.5, 0.6) is 0 Å². The Morgan fingerprint density at radius 1 is 1.56 bits per heavy atom. The fourth-order valence-electron chi connectivity index (χ4n) is 1.41. The van der Waals surface area contributed by atoms with Crippen LogP contribution in [0.2, 0.25) is 0 Å². The first-order valence-electron chi connectivity index (χ1n) is 5.47. The predicted molar refractivity (Wildman–Crippen MR) is 65.8 cm³/mol. The smallest absolute Gasteiger partial charge is 0.226 e. The SMILES string of the molecule is CN(CC/C(N)=N/O)C(=O)Cc1cccc(F)c1. The monoisotopic (exact) mass is 253 g/mol. The van der Waals surface area contributed by atoms with Gasteiger partial charge in [-0.05, 0) is 17.7 Å². The molecule has 0 heterocycles. The van der Waals surface area contributed by atoms with Crippen LogP contribution in [-0.4, -0.2) is 35.4 Å². The number of rotatable bonds is 5. The molecule has 3 N–H and O–H groups in total. The molecule has 0 saturated carbocycles. The van der Waals surface area contributed by atoms with E-state index in [1.807, 2.05) is 0 Å². The summed E-state index contributed by atoms with van der Waals surface area (Å²) >= 11 is 0. The number of likely N-dealkylation sites (N-methyl/N-ethyl adjacent to an activating group) is 1. The van der Waals surface area contributed by atoms with Gasteiger partial charge in [0.2, 0.25) is 5.91 Å². The van der Waals surface area contributed by atoms with E-state index in [2.05, 4.69) is 5.16 Å². The first kappa shape index (κ1) is 14.0. The van der Waals surface area contributed by atoms with Gasteiger partial charge in [-0.1, -0.05) is 17.3 Å². The summed E-state index contributed by atoms with van der Waals surface area (Å²) in [4.78, 5) is 13.2. The molecule has 0 radical (unpaired) electrons. The van der Waals surface area contributed by atoms with Crippen molar-refractivity contribution in [1.82, 2.24) is 4.90 Å². The van der Waals surface area contributed by atoms with E-state index < -0.39 is 0 Å². The second-order valence-corrected chi connectivity index (χ2v) is 3.96. The molecule has 0 saturated heterocycles. The molecule has 0 unspecified atom stereocenters. The van der Waals surface area contributed by atoms with Crippen molar-refractivity contribution in [2.75, 3.05) is 13.6 Å². The zero-order valence-corrected chi connectivity index (χ0v) is 10.1. The third-order valence-electron chi connectivity index (χ3n) is 2.50. The molecule has 0 aliphatic heterocycles. The Morgan fingerprint density at radius 2 is 2.28 bits per heavy atom. The summed E-state index contributed by atoms with van der Waals surface area (Å²) in [5, 5.41) is 11.2. The number of amides is 1. The molecule has 0 fully saturated rings. The van der Waals surface area contributed by atoms with Crippen molar-refractivity contribution in [3.05, 3.63) is 35.6 Å². The number of carbonyl (C=O) groups is 1. The normalized spacial score (nSPS) is 11.3. The van der Waals surface area contributed by atoms with Crippen molar-refractivity contribution in [2.24, 2.45) is 10.9 Å². The van der Waals surface area contributed by atoms with Gasteiger partial charge >= 0.3 is 0 Å². The predicted octanol–water partition coefficient (Wildman–Crippen LogP) is 0.963. The number of nitrogens with two attached hydrogens (primary N) is 1. The number of nitrogens with zero attached hydrogens (tertiary/aromatic N) is 2. The lowest BCUT2D eigenvalue weighted by Crippen LogP contribution is -2.31. The number of carbonyl (C=O) groups excluding carboxylic acids is 1.